The number of anilines is 2. The van der Waals surface area contributed by atoms with Crippen molar-refractivity contribution in [3.63, 3.8) is 0 Å². The van der Waals surface area contributed by atoms with E-state index < -0.39 is 43.2 Å². The van der Waals surface area contributed by atoms with Crippen LogP contribution < -0.4 is 26.6 Å². The number of aliphatic hydroxyl groups excluding tert-OH is 3. The van der Waals surface area contributed by atoms with Crippen LogP contribution in [-0.4, -0.2) is 115 Å². The number of amides is 1. The van der Waals surface area contributed by atoms with Crippen molar-refractivity contribution in [2.45, 2.75) is 37.6 Å². The Bertz CT molecular complexity index is 882. The molecule has 1 heterocycles. The summed E-state index contributed by atoms with van der Waals surface area (Å²) in [7, 11) is 1.75. The molecule has 1 amide bonds. The van der Waals surface area contributed by atoms with E-state index in [2.05, 4.69) is 26.6 Å². The molecule has 8 N–H and O–H groups in total. The third-order valence-electron chi connectivity index (χ3n) is 5.29. The minimum Gasteiger partial charge on any atom is -0.394 e. The van der Waals surface area contributed by atoms with Crippen LogP contribution in [0.2, 0.25) is 0 Å². The molecule has 214 valence electrons. The molecule has 1 aliphatic rings. The lowest BCUT2D eigenvalue weighted by Crippen LogP contribution is -2.64. The van der Waals surface area contributed by atoms with Crippen molar-refractivity contribution < 1.29 is 39.1 Å². The number of hydrogen-bond donors (Lipinski definition) is 8. The standard InChI is InChI=1S/C23H37N5O8S2/c1-14(30)26-18-20(32)19(31)17(13-29)36-21(18)35-12-11-34-10-9-33-8-7-25-23(38)28-16-5-3-15(4-6-16)27-22(37)24-2/h3-6,17-21,29,31-32H,7-13H2,1-2H3,(H,26,30)(H2,24,27,37)(H2,25,28,38)/t17?,18?,19-,20?,21+/m0/s1. The first-order chi connectivity index (χ1) is 18.2. The van der Waals surface area contributed by atoms with E-state index in [1.54, 1.807) is 7.05 Å². The van der Waals surface area contributed by atoms with Gasteiger partial charge in [0.15, 0.2) is 16.5 Å². The van der Waals surface area contributed by atoms with Gasteiger partial charge in [-0.1, -0.05) is 0 Å². The molecule has 0 bridgehead atoms. The second-order valence-electron chi connectivity index (χ2n) is 8.19. The summed E-state index contributed by atoms with van der Waals surface area (Å²) in [6.45, 7) is 2.68. The van der Waals surface area contributed by atoms with E-state index in [9.17, 15) is 20.1 Å². The highest BCUT2D eigenvalue weighted by Crippen LogP contribution is 2.22. The molecule has 2 rings (SSSR count). The molecule has 15 heteroatoms. The molecule has 1 aromatic carbocycles. The molecule has 0 radical (unpaired) electrons. The van der Waals surface area contributed by atoms with Gasteiger partial charge < -0.3 is 60.9 Å². The normalized spacial score (nSPS) is 22.8. The Balaban J connectivity index is 1.54. The molecule has 0 spiro atoms. The number of carbonyl (C=O) groups excluding carboxylic acids is 1. The molecular formula is C23H37N5O8S2. The van der Waals surface area contributed by atoms with Gasteiger partial charge in [0.05, 0.1) is 39.6 Å². The number of thiocarbonyl (C=S) groups is 2. The summed E-state index contributed by atoms with van der Waals surface area (Å²) in [5, 5.41) is 45.1. The van der Waals surface area contributed by atoms with Gasteiger partial charge in [0.1, 0.15) is 24.4 Å². The van der Waals surface area contributed by atoms with Gasteiger partial charge in [-0.15, -0.1) is 0 Å². The molecule has 1 aliphatic heterocycles. The van der Waals surface area contributed by atoms with Crippen molar-refractivity contribution in [2.24, 2.45) is 0 Å². The Kier molecular flexibility index (Phi) is 14.6. The molecule has 1 fully saturated rings. The number of ether oxygens (including phenoxy) is 4. The van der Waals surface area contributed by atoms with Gasteiger partial charge in [0.25, 0.3) is 0 Å². The van der Waals surface area contributed by atoms with Crippen LogP contribution >= 0.6 is 24.4 Å². The van der Waals surface area contributed by atoms with Crippen molar-refractivity contribution in [3.8, 4) is 0 Å². The van der Waals surface area contributed by atoms with Gasteiger partial charge in [-0.25, -0.2) is 0 Å². The number of hydrogen-bond acceptors (Lipinski definition) is 10. The van der Waals surface area contributed by atoms with E-state index >= 15 is 0 Å². The van der Waals surface area contributed by atoms with Crippen LogP contribution in [0.5, 0.6) is 0 Å². The summed E-state index contributed by atoms with van der Waals surface area (Å²) in [6.07, 6.45) is -4.80. The highest BCUT2D eigenvalue weighted by atomic mass is 32.1. The Labute approximate surface area is 232 Å². The molecule has 1 aromatic rings. The molecule has 3 unspecified atom stereocenters. The Hall–Kier alpha value is -2.21. The molecule has 0 aromatic heterocycles. The van der Waals surface area contributed by atoms with Gasteiger partial charge in [-0.2, -0.15) is 0 Å². The lowest BCUT2D eigenvalue weighted by atomic mass is 9.97. The highest BCUT2D eigenvalue weighted by Gasteiger charge is 2.45. The second-order valence-corrected chi connectivity index (χ2v) is 9.01. The SMILES string of the molecule is CNC(=S)Nc1ccc(NC(=S)NCCOCCOCCO[C@@H]2OC(CO)[C@H](O)C(O)C2NC(C)=O)cc1. The molecule has 0 saturated carbocycles. The lowest BCUT2D eigenvalue weighted by molar-refractivity contribution is -0.272. The quantitative estimate of drug-likeness (QED) is 0.0990. The molecule has 13 nitrogen and oxygen atoms in total. The molecule has 0 aliphatic carbocycles. The topological polar surface area (TPSA) is 175 Å². The zero-order valence-electron chi connectivity index (χ0n) is 21.3. The van der Waals surface area contributed by atoms with Crippen LogP contribution in [0, 0.1) is 0 Å². The lowest BCUT2D eigenvalue weighted by Gasteiger charge is -2.42. The second kappa shape index (κ2) is 17.4. The van der Waals surface area contributed by atoms with Gasteiger partial charge in [0, 0.05) is 31.9 Å². The fraction of sp³-hybridized carbons (Fsp3) is 0.609. The minimum absolute atomic E-state index is 0.0996. The van der Waals surface area contributed by atoms with Crippen LogP contribution in [0.3, 0.4) is 0 Å². The number of nitrogens with one attached hydrogen (secondary N) is 5. The van der Waals surface area contributed by atoms with Crippen LogP contribution in [0.25, 0.3) is 0 Å². The number of aliphatic hydroxyl groups is 3. The van der Waals surface area contributed by atoms with Crippen LogP contribution in [0.4, 0.5) is 11.4 Å². The first-order valence-electron chi connectivity index (χ1n) is 12.1. The first kappa shape index (κ1) is 32.0. The van der Waals surface area contributed by atoms with Crippen molar-refractivity contribution in [1.82, 2.24) is 16.0 Å². The van der Waals surface area contributed by atoms with Crippen molar-refractivity contribution in [3.05, 3.63) is 24.3 Å². The minimum atomic E-state index is -1.36. The first-order valence-corrected chi connectivity index (χ1v) is 12.9. The molecule has 1 saturated heterocycles. The summed E-state index contributed by atoms with van der Waals surface area (Å²) < 4.78 is 22.0. The van der Waals surface area contributed by atoms with Gasteiger partial charge in [-0.05, 0) is 48.7 Å². The van der Waals surface area contributed by atoms with Gasteiger partial charge in [0.2, 0.25) is 5.91 Å². The summed E-state index contributed by atoms with van der Waals surface area (Å²) in [4.78, 5) is 11.4. The Morgan fingerprint density at radius 1 is 0.947 bits per heavy atom. The van der Waals surface area contributed by atoms with E-state index in [1.165, 1.54) is 6.92 Å². The average molecular weight is 576 g/mol. The van der Waals surface area contributed by atoms with Crippen molar-refractivity contribution in [2.75, 3.05) is 63.9 Å². The van der Waals surface area contributed by atoms with Crippen molar-refractivity contribution in [1.29, 1.82) is 0 Å². The maximum absolute atomic E-state index is 11.4. The fourth-order valence-electron chi connectivity index (χ4n) is 3.40. The van der Waals surface area contributed by atoms with E-state index in [0.717, 1.165) is 11.4 Å². The number of rotatable bonds is 14. The van der Waals surface area contributed by atoms with Crippen molar-refractivity contribution >= 4 is 51.9 Å². The zero-order chi connectivity index (χ0) is 27.9. The molecule has 5 atom stereocenters. The van der Waals surface area contributed by atoms with Crippen LogP contribution in [0.1, 0.15) is 6.92 Å². The third kappa shape index (κ3) is 11.3. The summed E-state index contributed by atoms with van der Waals surface area (Å²) >= 11 is 10.3. The largest absolute Gasteiger partial charge is 0.394 e. The number of benzene rings is 1. The monoisotopic (exact) mass is 575 g/mol. The zero-order valence-corrected chi connectivity index (χ0v) is 23.0. The van der Waals surface area contributed by atoms with E-state index in [-0.39, 0.29) is 13.2 Å². The fourth-order valence-corrected chi connectivity index (χ4v) is 3.74. The van der Waals surface area contributed by atoms with Gasteiger partial charge in [-0.3, -0.25) is 4.79 Å². The number of carbonyl (C=O) groups is 1. The molecular weight excluding hydrogens is 538 g/mol. The average Bonchev–Trinajstić information content (AvgIpc) is 2.89. The van der Waals surface area contributed by atoms with E-state index in [0.29, 0.717) is 36.6 Å². The van der Waals surface area contributed by atoms with E-state index in [4.69, 9.17) is 43.4 Å². The summed E-state index contributed by atoms with van der Waals surface area (Å²) in [6, 6.07) is 6.53. The smallest absolute Gasteiger partial charge is 0.217 e. The van der Waals surface area contributed by atoms with Crippen LogP contribution in [0.15, 0.2) is 24.3 Å². The van der Waals surface area contributed by atoms with E-state index in [1.807, 2.05) is 24.3 Å². The predicted molar refractivity (Wildman–Crippen MR) is 149 cm³/mol. The Morgan fingerprint density at radius 3 is 2.11 bits per heavy atom. The van der Waals surface area contributed by atoms with Crippen LogP contribution in [-0.2, 0) is 23.7 Å². The maximum Gasteiger partial charge on any atom is 0.217 e. The Morgan fingerprint density at radius 2 is 1.53 bits per heavy atom. The van der Waals surface area contributed by atoms with Gasteiger partial charge >= 0.3 is 0 Å². The summed E-state index contributed by atoms with van der Waals surface area (Å²) in [5.41, 5.74) is 1.70. The predicted octanol–water partition coefficient (Wildman–Crippen LogP) is -1.12. The maximum atomic E-state index is 11.4. The highest BCUT2D eigenvalue weighted by molar-refractivity contribution is 7.80. The molecule has 38 heavy (non-hydrogen) atoms. The third-order valence-corrected chi connectivity index (χ3v) is 5.84. The summed E-state index contributed by atoms with van der Waals surface area (Å²) in [5.74, 6) is -0.419.